The lowest BCUT2D eigenvalue weighted by Gasteiger charge is -2.14. The van der Waals surface area contributed by atoms with Crippen molar-refractivity contribution in [2.24, 2.45) is 5.73 Å². The van der Waals surface area contributed by atoms with Crippen LogP contribution in [0.1, 0.15) is 0 Å². The highest BCUT2D eigenvalue weighted by molar-refractivity contribution is 9.10. The predicted octanol–water partition coefficient (Wildman–Crippen LogP) is 2.24. The normalized spacial score (nSPS) is 11.1. The molecule has 4 nitrogen and oxygen atoms in total. The number of rotatable bonds is 4. The quantitative estimate of drug-likeness (QED) is 0.896. The van der Waals surface area contributed by atoms with Crippen LogP contribution in [0.15, 0.2) is 22.7 Å². The zero-order valence-corrected chi connectivity index (χ0v) is 9.93. The first-order chi connectivity index (χ1) is 7.78. The summed E-state index contributed by atoms with van der Waals surface area (Å²) in [5.41, 5.74) is 4.91. The summed E-state index contributed by atoms with van der Waals surface area (Å²) < 4.78 is 40.5. The summed E-state index contributed by atoms with van der Waals surface area (Å²) in [5.74, 6) is -1.13. The molecule has 0 bridgehead atoms. The van der Waals surface area contributed by atoms with Crippen molar-refractivity contribution in [3.63, 3.8) is 0 Å². The highest BCUT2D eigenvalue weighted by Crippen LogP contribution is 2.32. The highest BCUT2D eigenvalue weighted by Gasteiger charge is 2.32. The number of benzene rings is 1. The van der Waals surface area contributed by atoms with Crippen LogP contribution in [0, 0.1) is 0 Å². The maximum atomic E-state index is 12.1. The van der Waals surface area contributed by atoms with Crippen LogP contribution >= 0.6 is 15.9 Å². The fourth-order valence-corrected chi connectivity index (χ4v) is 1.37. The minimum absolute atomic E-state index is 0.0318. The van der Waals surface area contributed by atoms with Gasteiger partial charge in [0.2, 0.25) is 5.91 Å². The van der Waals surface area contributed by atoms with Crippen LogP contribution in [0.3, 0.4) is 0 Å². The van der Waals surface area contributed by atoms with Crippen LogP contribution in [0.4, 0.5) is 18.9 Å². The smallest absolute Gasteiger partial charge is 0.404 e. The summed E-state index contributed by atoms with van der Waals surface area (Å²) in [6, 6.07) is 3.98. The van der Waals surface area contributed by atoms with E-state index in [1.807, 2.05) is 0 Å². The number of hydrogen-bond donors (Lipinski definition) is 2. The molecule has 1 aromatic rings. The molecule has 8 heteroatoms. The van der Waals surface area contributed by atoms with E-state index in [1.165, 1.54) is 12.1 Å². The number of anilines is 1. The molecule has 0 aromatic heterocycles. The van der Waals surface area contributed by atoms with E-state index < -0.39 is 18.0 Å². The van der Waals surface area contributed by atoms with E-state index in [0.717, 1.165) is 6.07 Å². The van der Waals surface area contributed by atoms with Crippen molar-refractivity contribution in [3.8, 4) is 5.75 Å². The molecular formula is C9H8BrF3N2O2. The van der Waals surface area contributed by atoms with Crippen LogP contribution in [-0.2, 0) is 4.79 Å². The topological polar surface area (TPSA) is 64.4 Å². The number of halogens is 4. The van der Waals surface area contributed by atoms with E-state index in [9.17, 15) is 18.0 Å². The van der Waals surface area contributed by atoms with E-state index in [-0.39, 0.29) is 12.2 Å². The monoisotopic (exact) mass is 312 g/mol. The number of nitrogens with one attached hydrogen (secondary N) is 1. The van der Waals surface area contributed by atoms with Gasteiger partial charge >= 0.3 is 6.36 Å². The van der Waals surface area contributed by atoms with E-state index in [4.69, 9.17) is 5.73 Å². The van der Waals surface area contributed by atoms with Crippen LogP contribution in [0.2, 0.25) is 0 Å². The van der Waals surface area contributed by atoms with Gasteiger partial charge in [0.25, 0.3) is 0 Å². The molecule has 0 atom stereocenters. The number of nitrogens with two attached hydrogens (primary N) is 1. The lowest BCUT2D eigenvalue weighted by Crippen LogP contribution is -2.23. The summed E-state index contributed by atoms with van der Waals surface area (Å²) in [5, 5.41) is 2.44. The second kappa shape index (κ2) is 5.26. The van der Waals surface area contributed by atoms with Crippen LogP contribution in [0.25, 0.3) is 0 Å². The van der Waals surface area contributed by atoms with Crippen molar-refractivity contribution in [1.29, 1.82) is 0 Å². The molecular weight excluding hydrogens is 305 g/mol. The standard InChI is InChI=1S/C9H8BrF3N2O2/c10-5-1-2-6(15-4-8(14)16)7(3-5)17-9(11,12)13/h1-3,15H,4H2,(H2,14,16). The van der Waals surface area contributed by atoms with Gasteiger partial charge in [-0.3, -0.25) is 4.79 Å². The number of ether oxygens (including phenoxy) is 1. The van der Waals surface area contributed by atoms with Crippen LogP contribution in [-0.4, -0.2) is 18.8 Å². The average molecular weight is 313 g/mol. The Morgan fingerprint density at radius 1 is 1.47 bits per heavy atom. The van der Waals surface area contributed by atoms with E-state index in [2.05, 4.69) is 26.0 Å². The molecule has 0 aliphatic carbocycles. The summed E-state index contributed by atoms with van der Waals surface area (Å²) >= 11 is 3.02. The first-order valence-corrected chi connectivity index (χ1v) is 5.15. The zero-order valence-electron chi connectivity index (χ0n) is 8.34. The van der Waals surface area contributed by atoms with Crippen molar-refractivity contribution < 1.29 is 22.7 Å². The molecule has 0 fully saturated rings. The molecule has 1 aromatic carbocycles. The molecule has 94 valence electrons. The maximum Gasteiger partial charge on any atom is 0.573 e. The Balaban J connectivity index is 2.91. The second-order valence-corrected chi connectivity index (χ2v) is 3.92. The lowest BCUT2D eigenvalue weighted by atomic mass is 10.3. The zero-order chi connectivity index (χ0) is 13.1. The Bertz CT molecular complexity index is 423. The Morgan fingerprint density at radius 3 is 2.65 bits per heavy atom. The van der Waals surface area contributed by atoms with Crippen molar-refractivity contribution in [3.05, 3.63) is 22.7 Å². The first-order valence-electron chi connectivity index (χ1n) is 4.35. The van der Waals surface area contributed by atoms with Crippen LogP contribution < -0.4 is 15.8 Å². The fourth-order valence-electron chi connectivity index (χ4n) is 1.03. The number of carbonyl (C=O) groups excluding carboxylic acids is 1. The van der Waals surface area contributed by atoms with Crippen LogP contribution in [0.5, 0.6) is 5.75 Å². The van der Waals surface area contributed by atoms with Crippen molar-refractivity contribution >= 4 is 27.5 Å². The summed E-state index contributed by atoms with van der Waals surface area (Å²) in [4.78, 5) is 10.5. The van der Waals surface area contributed by atoms with Gasteiger partial charge in [0.05, 0.1) is 12.2 Å². The van der Waals surface area contributed by atoms with Gasteiger partial charge in [0.1, 0.15) is 0 Å². The molecule has 1 amide bonds. The average Bonchev–Trinajstić information content (AvgIpc) is 2.13. The summed E-state index contributed by atoms with van der Waals surface area (Å²) in [6.45, 7) is -0.282. The predicted molar refractivity (Wildman–Crippen MR) is 58.5 cm³/mol. The highest BCUT2D eigenvalue weighted by atomic mass is 79.9. The number of primary amides is 1. The Labute approximate surface area is 103 Å². The first kappa shape index (κ1) is 13.6. The van der Waals surface area contributed by atoms with E-state index in [1.54, 1.807) is 0 Å². The molecule has 0 aliphatic rings. The van der Waals surface area contributed by atoms with Gasteiger partial charge in [0.15, 0.2) is 5.75 Å². The SMILES string of the molecule is NC(=O)CNc1ccc(Br)cc1OC(F)(F)F. The minimum Gasteiger partial charge on any atom is -0.404 e. The van der Waals surface area contributed by atoms with E-state index >= 15 is 0 Å². The molecule has 0 heterocycles. The maximum absolute atomic E-state index is 12.1. The van der Waals surface area contributed by atoms with Gasteiger partial charge in [-0.1, -0.05) is 15.9 Å². The molecule has 0 unspecified atom stereocenters. The molecule has 3 N–H and O–H groups in total. The molecule has 0 saturated heterocycles. The van der Waals surface area contributed by atoms with E-state index in [0.29, 0.717) is 4.47 Å². The van der Waals surface area contributed by atoms with Crippen molar-refractivity contribution in [1.82, 2.24) is 0 Å². The van der Waals surface area contributed by atoms with Gasteiger partial charge in [-0.05, 0) is 18.2 Å². The Kier molecular flexibility index (Phi) is 4.22. The third-order valence-corrected chi connectivity index (χ3v) is 2.12. The molecule has 0 spiro atoms. The van der Waals surface area contributed by atoms with Crippen molar-refractivity contribution in [2.45, 2.75) is 6.36 Å². The molecule has 17 heavy (non-hydrogen) atoms. The van der Waals surface area contributed by atoms with Gasteiger partial charge in [-0.25, -0.2) is 0 Å². The largest absolute Gasteiger partial charge is 0.573 e. The summed E-state index contributed by atoms with van der Waals surface area (Å²) in [7, 11) is 0. The Hall–Kier alpha value is -1.44. The van der Waals surface area contributed by atoms with Gasteiger partial charge in [-0.15, -0.1) is 13.2 Å². The minimum atomic E-state index is -4.80. The van der Waals surface area contributed by atoms with Gasteiger partial charge in [0, 0.05) is 4.47 Å². The summed E-state index contributed by atoms with van der Waals surface area (Å²) in [6.07, 6.45) is -4.80. The molecule has 0 saturated carbocycles. The molecule has 0 radical (unpaired) electrons. The van der Waals surface area contributed by atoms with Crippen molar-refractivity contribution in [2.75, 3.05) is 11.9 Å². The number of carbonyl (C=O) groups is 1. The number of hydrogen-bond acceptors (Lipinski definition) is 3. The van der Waals surface area contributed by atoms with Gasteiger partial charge in [-0.2, -0.15) is 0 Å². The number of alkyl halides is 3. The number of amides is 1. The Morgan fingerprint density at radius 2 is 2.12 bits per heavy atom. The third kappa shape index (κ3) is 4.94. The molecule has 0 aliphatic heterocycles. The van der Waals surface area contributed by atoms with Gasteiger partial charge < -0.3 is 15.8 Å². The second-order valence-electron chi connectivity index (χ2n) is 3.01. The lowest BCUT2D eigenvalue weighted by molar-refractivity contribution is -0.274. The third-order valence-electron chi connectivity index (χ3n) is 1.62. The fraction of sp³-hybridized carbons (Fsp3) is 0.222. The molecule has 1 rings (SSSR count).